The van der Waals surface area contributed by atoms with Gasteiger partial charge in [0.2, 0.25) is 5.91 Å². The smallest absolute Gasteiger partial charge is 0.223 e. The van der Waals surface area contributed by atoms with Crippen LogP contribution in [0, 0.1) is 17.8 Å². The van der Waals surface area contributed by atoms with Crippen LogP contribution >= 0.6 is 0 Å². The molecular formula is C13H22N2O2. The van der Waals surface area contributed by atoms with Crippen molar-refractivity contribution in [2.75, 3.05) is 33.4 Å². The maximum absolute atomic E-state index is 11.9. The van der Waals surface area contributed by atoms with Gasteiger partial charge in [0.05, 0.1) is 6.61 Å². The molecule has 2 aliphatic rings. The minimum absolute atomic E-state index is 0.226. The lowest BCUT2D eigenvalue weighted by Gasteiger charge is -2.17. The summed E-state index contributed by atoms with van der Waals surface area (Å²) in [6.45, 7) is 3.07. The summed E-state index contributed by atoms with van der Waals surface area (Å²) < 4.78 is 4.93. The molecule has 2 rings (SSSR count). The van der Waals surface area contributed by atoms with E-state index in [0.29, 0.717) is 25.0 Å². The quantitative estimate of drug-likeness (QED) is 0.503. The summed E-state index contributed by atoms with van der Waals surface area (Å²) in [4.78, 5) is 11.9. The van der Waals surface area contributed by atoms with Crippen molar-refractivity contribution in [3.8, 4) is 0 Å². The molecule has 0 aliphatic heterocycles. The van der Waals surface area contributed by atoms with Crippen LogP contribution in [-0.2, 0) is 9.53 Å². The predicted molar refractivity (Wildman–Crippen MR) is 66.6 cm³/mol. The summed E-state index contributed by atoms with van der Waals surface area (Å²) >= 11 is 0. The van der Waals surface area contributed by atoms with Gasteiger partial charge in [0.1, 0.15) is 0 Å². The minimum Gasteiger partial charge on any atom is -0.383 e. The van der Waals surface area contributed by atoms with Crippen LogP contribution in [0.25, 0.3) is 0 Å². The standard InChI is InChI=1S/C13H22N2O2/c1-17-7-6-14-4-5-15-13(16)12-9-10-2-3-11(12)8-10/h2-3,10-12,14H,4-9H2,1H3,(H,15,16). The maximum Gasteiger partial charge on any atom is 0.223 e. The normalized spacial score (nSPS) is 29.8. The third-order valence-corrected chi connectivity index (χ3v) is 3.70. The highest BCUT2D eigenvalue weighted by molar-refractivity contribution is 5.79. The Hall–Kier alpha value is -0.870. The van der Waals surface area contributed by atoms with E-state index >= 15 is 0 Å². The second-order valence-corrected chi connectivity index (χ2v) is 4.92. The first-order valence-electron chi connectivity index (χ1n) is 6.47. The molecule has 2 aliphatic carbocycles. The fourth-order valence-corrected chi connectivity index (χ4v) is 2.79. The molecule has 17 heavy (non-hydrogen) atoms. The summed E-state index contributed by atoms with van der Waals surface area (Å²) in [5.74, 6) is 1.62. The van der Waals surface area contributed by atoms with Crippen LogP contribution in [0.3, 0.4) is 0 Å². The Morgan fingerprint density at radius 3 is 2.82 bits per heavy atom. The van der Waals surface area contributed by atoms with Crippen LogP contribution in [0.2, 0.25) is 0 Å². The molecule has 1 saturated carbocycles. The molecule has 2 bridgehead atoms. The van der Waals surface area contributed by atoms with Gasteiger partial charge in [0.15, 0.2) is 0 Å². The molecule has 0 heterocycles. The topological polar surface area (TPSA) is 50.4 Å². The minimum atomic E-state index is 0.226. The van der Waals surface area contributed by atoms with Gasteiger partial charge in [-0.3, -0.25) is 4.79 Å². The molecule has 3 unspecified atom stereocenters. The van der Waals surface area contributed by atoms with Crippen molar-refractivity contribution in [2.45, 2.75) is 12.8 Å². The van der Waals surface area contributed by atoms with Crippen molar-refractivity contribution >= 4 is 5.91 Å². The van der Waals surface area contributed by atoms with E-state index < -0.39 is 0 Å². The number of methoxy groups -OCH3 is 1. The molecule has 4 heteroatoms. The maximum atomic E-state index is 11.9. The van der Waals surface area contributed by atoms with E-state index in [1.54, 1.807) is 7.11 Å². The summed E-state index contributed by atoms with van der Waals surface area (Å²) in [7, 11) is 1.69. The zero-order chi connectivity index (χ0) is 12.1. The second kappa shape index (κ2) is 6.17. The van der Waals surface area contributed by atoms with Gasteiger partial charge in [-0.2, -0.15) is 0 Å². The number of hydrogen-bond donors (Lipinski definition) is 2. The Balaban J connectivity index is 1.57. The lowest BCUT2D eigenvalue weighted by molar-refractivity contribution is -0.125. The van der Waals surface area contributed by atoms with Gasteiger partial charge in [0.25, 0.3) is 0 Å². The first-order valence-corrected chi connectivity index (χ1v) is 6.47. The Bertz CT molecular complexity index is 291. The van der Waals surface area contributed by atoms with Crippen LogP contribution in [0.1, 0.15) is 12.8 Å². The number of hydrogen-bond acceptors (Lipinski definition) is 3. The highest BCUT2D eigenvalue weighted by Crippen LogP contribution is 2.43. The lowest BCUT2D eigenvalue weighted by Crippen LogP contribution is -2.37. The zero-order valence-electron chi connectivity index (χ0n) is 10.4. The molecule has 1 amide bonds. The number of nitrogens with one attached hydrogen (secondary N) is 2. The van der Waals surface area contributed by atoms with Crippen LogP contribution < -0.4 is 10.6 Å². The molecule has 2 N–H and O–H groups in total. The van der Waals surface area contributed by atoms with Crippen molar-refractivity contribution < 1.29 is 9.53 Å². The fourth-order valence-electron chi connectivity index (χ4n) is 2.79. The number of amides is 1. The van der Waals surface area contributed by atoms with Crippen LogP contribution in [-0.4, -0.2) is 39.3 Å². The zero-order valence-corrected chi connectivity index (χ0v) is 10.4. The number of rotatable bonds is 7. The van der Waals surface area contributed by atoms with Crippen molar-refractivity contribution in [1.29, 1.82) is 0 Å². The predicted octanol–water partition coefficient (Wildman–Crippen LogP) is 0.551. The van der Waals surface area contributed by atoms with E-state index in [4.69, 9.17) is 4.74 Å². The SMILES string of the molecule is COCCNCCNC(=O)C1CC2C=CC1C2. The van der Waals surface area contributed by atoms with Crippen molar-refractivity contribution in [3.05, 3.63) is 12.2 Å². The van der Waals surface area contributed by atoms with Gasteiger partial charge in [-0.1, -0.05) is 12.2 Å². The highest BCUT2D eigenvalue weighted by Gasteiger charge is 2.39. The number of ether oxygens (including phenoxy) is 1. The molecule has 0 spiro atoms. The summed E-state index contributed by atoms with van der Waals surface area (Å²) in [5, 5.41) is 6.22. The third-order valence-electron chi connectivity index (χ3n) is 3.70. The first-order chi connectivity index (χ1) is 8.31. The van der Waals surface area contributed by atoms with Crippen molar-refractivity contribution in [1.82, 2.24) is 10.6 Å². The average molecular weight is 238 g/mol. The highest BCUT2D eigenvalue weighted by atomic mass is 16.5. The monoisotopic (exact) mass is 238 g/mol. The molecule has 0 aromatic rings. The number of carbonyl (C=O) groups is 1. The van der Waals surface area contributed by atoms with E-state index in [-0.39, 0.29) is 11.8 Å². The molecule has 4 nitrogen and oxygen atoms in total. The summed E-state index contributed by atoms with van der Waals surface area (Å²) in [6, 6.07) is 0. The van der Waals surface area contributed by atoms with E-state index in [1.165, 1.54) is 6.42 Å². The molecule has 0 aromatic heterocycles. The van der Waals surface area contributed by atoms with Gasteiger partial charge < -0.3 is 15.4 Å². The molecule has 3 atom stereocenters. The number of fused-ring (bicyclic) bond motifs is 2. The second-order valence-electron chi connectivity index (χ2n) is 4.92. The fraction of sp³-hybridized carbons (Fsp3) is 0.769. The Kier molecular flexibility index (Phi) is 4.57. The van der Waals surface area contributed by atoms with Gasteiger partial charge in [0, 0.05) is 32.7 Å². The van der Waals surface area contributed by atoms with Crippen molar-refractivity contribution in [3.63, 3.8) is 0 Å². The van der Waals surface area contributed by atoms with E-state index in [0.717, 1.165) is 19.5 Å². The molecule has 0 saturated heterocycles. The van der Waals surface area contributed by atoms with Gasteiger partial charge in [-0.25, -0.2) is 0 Å². The summed E-state index contributed by atoms with van der Waals surface area (Å²) in [5.41, 5.74) is 0. The number of allylic oxidation sites excluding steroid dienone is 2. The average Bonchev–Trinajstić information content (AvgIpc) is 2.95. The van der Waals surface area contributed by atoms with Crippen molar-refractivity contribution in [2.24, 2.45) is 17.8 Å². The van der Waals surface area contributed by atoms with Gasteiger partial charge in [-0.15, -0.1) is 0 Å². The molecule has 0 aromatic carbocycles. The molecule has 1 fully saturated rings. The van der Waals surface area contributed by atoms with E-state index in [1.807, 2.05) is 0 Å². The van der Waals surface area contributed by atoms with E-state index in [2.05, 4.69) is 22.8 Å². The van der Waals surface area contributed by atoms with E-state index in [9.17, 15) is 4.79 Å². The largest absolute Gasteiger partial charge is 0.383 e. The lowest BCUT2D eigenvalue weighted by atomic mass is 9.93. The Morgan fingerprint density at radius 2 is 2.18 bits per heavy atom. The summed E-state index contributed by atoms with van der Waals surface area (Å²) in [6.07, 6.45) is 6.71. The van der Waals surface area contributed by atoms with Crippen LogP contribution in [0.5, 0.6) is 0 Å². The third kappa shape index (κ3) is 3.30. The Morgan fingerprint density at radius 1 is 1.29 bits per heavy atom. The number of carbonyl (C=O) groups excluding carboxylic acids is 1. The van der Waals surface area contributed by atoms with Gasteiger partial charge >= 0.3 is 0 Å². The van der Waals surface area contributed by atoms with Crippen LogP contribution in [0.15, 0.2) is 12.2 Å². The Labute approximate surface area is 103 Å². The van der Waals surface area contributed by atoms with Gasteiger partial charge in [-0.05, 0) is 24.7 Å². The molecule has 96 valence electrons. The molecule has 0 radical (unpaired) electrons. The van der Waals surface area contributed by atoms with Crippen LogP contribution in [0.4, 0.5) is 0 Å². The molecular weight excluding hydrogens is 216 g/mol. The first kappa shape index (κ1) is 12.6.